The van der Waals surface area contributed by atoms with E-state index < -0.39 is 5.41 Å². The Hall–Kier alpha value is -15.0. The number of hydrogen-bond acceptors (Lipinski definition) is 3. The summed E-state index contributed by atoms with van der Waals surface area (Å²) in [6.45, 7) is 0. The van der Waals surface area contributed by atoms with Crippen LogP contribution in [0.2, 0.25) is 0 Å². The lowest BCUT2D eigenvalue weighted by atomic mass is 9.70. The molecule has 21 rings (SSSR count). The van der Waals surface area contributed by atoms with E-state index in [0.29, 0.717) is 17.5 Å². The molecular formula is C112H73N3. The molecule has 1 spiro atoms. The maximum atomic E-state index is 5.39. The lowest BCUT2D eigenvalue weighted by Crippen LogP contribution is -2.25. The van der Waals surface area contributed by atoms with Crippen molar-refractivity contribution in [1.29, 1.82) is 0 Å². The molecule has 0 N–H and O–H groups in total. The molecule has 115 heavy (non-hydrogen) atoms. The van der Waals surface area contributed by atoms with Gasteiger partial charge in [0.15, 0.2) is 17.5 Å². The fourth-order valence-electron chi connectivity index (χ4n) is 17.7. The Bertz CT molecular complexity index is 6910. The van der Waals surface area contributed by atoms with Crippen LogP contribution in [0.1, 0.15) is 22.3 Å². The molecule has 19 aromatic rings. The molecule has 2 aliphatic carbocycles. The summed E-state index contributed by atoms with van der Waals surface area (Å²) in [4.78, 5) is 16.1. The summed E-state index contributed by atoms with van der Waals surface area (Å²) in [5, 5.41) is 0. The van der Waals surface area contributed by atoms with Crippen molar-refractivity contribution in [3.63, 3.8) is 0 Å². The molecule has 0 radical (unpaired) electrons. The number of rotatable bonds is 15. The standard InChI is InChI=1S/C112H73N3/c1-3-24-74(25-4-1)78-28-13-31-81(62-78)83-33-15-30-80(64-83)76-56-58-77(59-57-76)109-113-110(99-48-22-46-96(71-99)93-43-19-40-90(68-93)85-35-16-34-84(65-85)82-32-14-29-79(63-82)75-26-5-2-6-27-75)115-111(114-109)100-49-23-47-97(72-100)94-44-20-41-91(69-94)88-38-17-36-86(66-88)87-37-18-39-89(67-87)92-42-21-45-95(70-92)98-60-61-104-103-52-9-12-55-107(103)112(108(104)73-98)105-53-10-7-50-101(105)102-51-8-11-54-106(102)112/h1-73H. The van der Waals surface area contributed by atoms with Crippen molar-refractivity contribution in [2.75, 3.05) is 0 Å². The molecule has 2 aliphatic rings. The van der Waals surface area contributed by atoms with Crippen LogP contribution in [0.25, 0.3) is 190 Å². The summed E-state index contributed by atoms with van der Waals surface area (Å²) in [7, 11) is 0. The van der Waals surface area contributed by atoms with Gasteiger partial charge in [0.1, 0.15) is 0 Å². The fourth-order valence-corrected chi connectivity index (χ4v) is 17.7. The topological polar surface area (TPSA) is 38.7 Å². The van der Waals surface area contributed by atoms with Crippen molar-refractivity contribution in [3.05, 3.63) is 465 Å². The Balaban J connectivity index is 0.587. The van der Waals surface area contributed by atoms with Crippen LogP contribution in [0, 0.1) is 0 Å². The van der Waals surface area contributed by atoms with Crippen molar-refractivity contribution in [3.8, 4) is 190 Å². The van der Waals surface area contributed by atoms with Crippen LogP contribution in [-0.4, -0.2) is 15.0 Å². The maximum Gasteiger partial charge on any atom is 0.164 e. The molecule has 0 fully saturated rings. The van der Waals surface area contributed by atoms with Gasteiger partial charge in [-0.3, -0.25) is 0 Å². The Kier molecular flexibility index (Phi) is 17.2. The molecule has 0 bridgehead atoms. The summed E-state index contributed by atoms with van der Waals surface area (Å²) < 4.78 is 0. The molecular weight excluding hydrogens is 1390 g/mol. The first kappa shape index (κ1) is 68.0. The predicted molar refractivity (Wildman–Crippen MR) is 478 cm³/mol. The summed E-state index contributed by atoms with van der Waals surface area (Å²) in [6, 6.07) is 161. The number of aromatic nitrogens is 3. The fraction of sp³-hybridized carbons (Fsp3) is 0.00893. The molecule has 18 aromatic carbocycles. The lowest BCUT2D eigenvalue weighted by Gasteiger charge is -2.30. The Morgan fingerprint density at radius 2 is 0.287 bits per heavy atom. The third-order valence-electron chi connectivity index (χ3n) is 23.3. The highest BCUT2D eigenvalue weighted by Gasteiger charge is 2.51. The van der Waals surface area contributed by atoms with Crippen molar-refractivity contribution >= 4 is 0 Å². The summed E-state index contributed by atoms with van der Waals surface area (Å²) in [6.07, 6.45) is 0. The maximum absolute atomic E-state index is 5.39. The van der Waals surface area contributed by atoms with E-state index in [9.17, 15) is 0 Å². The van der Waals surface area contributed by atoms with Crippen LogP contribution in [0.3, 0.4) is 0 Å². The average Bonchev–Trinajstić information content (AvgIpc) is 1.51. The third-order valence-corrected chi connectivity index (χ3v) is 23.3. The molecule has 0 unspecified atom stereocenters. The minimum Gasteiger partial charge on any atom is -0.208 e. The van der Waals surface area contributed by atoms with Gasteiger partial charge in [0.2, 0.25) is 0 Å². The highest BCUT2D eigenvalue weighted by Crippen LogP contribution is 2.63. The minimum atomic E-state index is -0.402. The van der Waals surface area contributed by atoms with Crippen molar-refractivity contribution < 1.29 is 0 Å². The molecule has 0 atom stereocenters. The van der Waals surface area contributed by atoms with E-state index in [-0.39, 0.29) is 0 Å². The number of benzene rings is 18. The normalized spacial score (nSPS) is 12.1. The SMILES string of the molecule is c1ccc(-c2cccc(-c3cccc(-c4ccc(-c5nc(-c6cccc(-c7cccc(-c8cccc(-c9cccc(-c%10ccccc%10)c9)c8)c7)c6)nc(-c6cccc(-c7cccc(-c8cccc(-c9cccc(-c%10cccc(-c%11ccc%12c(c%11)C%11(c%13ccccc%13-c%13ccccc%13%11)c%11ccccc%11-%12)c%10)c9)c8)c7)c6)n5)cc4)c3)c2)cc1. The van der Waals surface area contributed by atoms with Crippen LogP contribution >= 0.6 is 0 Å². The largest absolute Gasteiger partial charge is 0.208 e. The first-order valence-electron chi connectivity index (χ1n) is 39.5. The number of fused-ring (bicyclic) bond motifs is 10. The molecule has 1 aromatic heterocycles. The van der Waals surface area contributed by atoms with Crippen LogP contribution in [-0.2, 0) is 5.41 Å². The molecule has 0 saturated heterocycles. The van der Waals surface area contributed by atoms with E-state index >= 15 is 0 Å². The second-order valence-electron chi connectivity index (χ2n) is 30.2. The third kappa shape index (κ3) is 12.7. The van der Waals surface area contributed by atoms with Crippen molar-refractivity contribution in [2.45, 2.75) is 5.41 Å². The number of hydrogen-bond donors (Lipinski definition) is 0. The summed E-state index contributed by atoms with van der Waals surface area (Å²) in [5.74, 6) is 1.76. The second kappa shape index (κ2) is 29.0. The second-order valence-corrected chi connectivity index (χ2v) is 30.2. The van der Waals surface area contributed by atoms with Gasteiger partial charge in [0.25, 0.3) is 0 Å². The van der Waals surface area contributed by atoms with E-state index in [2.05, 4.69) is 443 Å². The highest BCUT2D eigenvalue weighted by atomic mass is 15.0. The quantitative estimate of drug-likeness (QED) is 0.103. The van der Waals surface area contributed by atoms with Gasteiger partial charge in [-0.1, -0.05) is 370 Å². The smallest absolute Gasteiger partial charge is 0.164 e. The summed E-state index contributed by atoms with van der Waals surface area (Å²) in [5.41, 5.74) is 40.4. The highest BCUT2D eigenvalue weighted by molar-refractivity contribution is 5.97. The molecule has 0 aliphatic heterocycles. The Labute approximate surface area is 670 Å². The number of nitrogens with zero attached hydrogens (tertiary/aromatic N) is 3. The van der Waals surface area contributed by atoms with Gasteiger partial charge in [-0.25, -0.2) is 15.0 Å². The lowest BCUT2D eigenvalue weighted by molar-refractivity contribution is 0.794. The van der Waals surface area contributed by atoms with Crippen LogP contribution in [0.15, 0.2) is 443 Å². The minimum absolute atomic E-state index is 0.402. The van der Waals surface area contributed by atoms with Crippen molar-refractivity contribution in [1.82, 2.24) is 15.0 Å². The monoisotopic (exact) mass is 1460 g/mol. The van der Waals surface area contributed by atoms with Crippen LogP contribution in [0.4, 0.5) is 0 Å². The Morgan fingerprint density at radius 3 is 0.565 bits per heavy atom. The molecule has 1 heterocycles. The zero-order chi connectivity index (χ0) is 76.2. The van der Waals surface area contributed by atoms with Gasteiger partial charge in [0.05, 0.1) is 5.41 Å². The van der Waals surface area contributed by atoms with E-state index in [1.54, 1.807) is 0 Å². The molecule has 3 nitrogen and oxygen atoms in total. The molecule has 536 valence electrons. The van der Waals surface area contributed by atoms with Gasteiger partial charge >= 0.3 is 0 Å². The first-order valence-corrected chi connectivity index (χ1v) is 39.5. The van der Waals surface area contributed by atoms with Gasteiger partial charge in [-0.15, -0.1) is 0 Å². The first-order chi connectivity index (χ1) is 56.9. The molecule has 3 heteroatoms. The molecule has 0 amide bonds. The predicted octanol–water partition coefficient (Wildman–Crippen LogP) is 29.2. The van der Waals surface area contributed by atoms with Gasteiger partial charge in [0, 0.05) is 16.7 Å². The van der Waals surface area contributed by atoms with E-state index in [0.717, 1.165) is 89.0 Å². The van der Waals surface area contributed by atoms with Crippen molar-refractivity contribution in [2.24, 2.45) is 0 Å². The van der Waals surface area contributed by atoms with Crippen LogP contribution in [0.5, 0.6) is 0 Å². The molecule has 0 saturated carbocycles. The van der Waals surface area contributed by atoms with E-state index in [4.69, 9.17) is 15.0 Å². The summed E-state index contributed by atoms with van der Waals surface area (Å²) >= 11 is 0. The zero-order valence-corrected chi connectivity index (χ0v) is 63.0. The van der Waals surface area contributed by atoms with Gasteiger partial charge in [-0.05, 0) is 251 Å². The van der Waals surface area contributed by atoms with E-state index in [1.165, 1.54) is 106 Å². The van der Waals surface area contributed by atoms with E-state index in [1.807, 2.05) is 0 Å². The van der Waals surface area contributed by atoms with Gasteiger partial charge in [-0.2, -0.15) is 0 Å². The zero-order valence-electron chi connectivity index (χ0n) is 63.0. The van der Waals surface area contributed by atoms with Crippen LogP contribution < -0.4 is 0 Å². The van der Waals surface area contributed by atoms with Gasteiger partial charge < -0.3 is 0 Å². The Morgan fingerprint density at radius 1 is 0.113 bits per heavy atom. The average molecular weight is 1460 g/mol.